The van der Waals surface area contributed by atoms with Crippen molar-refractivity contribution >= 4 is 0 Å². The summed E-state index contributed by atoms with van der Waals surface area (Å²) in [6.07, 6.45) is 4.08. The Morgan fingerprint density at radius 1 is 1.04 bits per heavy atom. The van der Waals surface area contributed by atoms with Gasteiger partial charge in [0.2, 0.25) is 0 Å². The van der Waals surface area contributed by atoms with Gasteiger partial charge in [-0.15, -0.1) is 0 Å². The number of aromatic nitrogens is 1. The minimum atomic E-state index is -0.571. The second-order valence-corrected chi connectivity index (χ2v) is 6.04. The van der Waals surface area contributed by atoms with E-state index in [0.29, 0.717) is 12.4 Å². The Morgan fingerprint density at radius 3 is 2.42 bits per heavy atom. The Kier molecular flexibility index (Phi) is 5.60. The summed E-state index contributed by atoms with van der Waals surface area (Å²) in [7, 11) is 0. The Balaban J connectivity index is 1.64. The first-order valence-electron chi connectivity index (χ1n) is 8.56. The Morgan fingerprint density at radius 2 is 1.81 bits per heavy atom. The Labute approximate surface area is 152 Å². The highest BCUT2D eigenvalue weighted by molar-refractivity contribution is 5.59. The summed E-state index contributed by atoms with van der Waals surface area (Å²) in [4.78, 5) is 4.52. The zero-order chi connectivity index (χ0) is 18.4. The van der Waals surface area contributed by atoms with Gasteiger partial charge in [0, 0.05) is 17.8 Å². The first-order chi connectivity index (χ1) is 12.7. The Bertz CT molecular complexity index is 912. The quantitative estimate of drug-likeness (QED) is 0.609. The monoisotopic (exact) mass is 346 g/mol. The smallest absolute Gasteiger partial charge is 0.144 e. The van der Waals surface area contributed by atoms with Crippen LogP contribution in [0.3, 0.4) is 0 Å². The topological polar surface area (TPSA) is 45.9 Å². The normalized spacial score (nSPS) is 10.3. The molecule has 0 fully saturated rings. The standard InChI is InChI=1S/C22H19FN2O/c1-2-3-16-6-11-22(25-14-16)18-7-4-17(5-8-18)15-26-20-10-9-19(13-24)21(23)12-20/h4-12,14H,2-3,15H2,1H3. The summed E-state index contributed by atoms with van der Waals surface area (Å²) < 4.78 is 19.2. The molecule has 0 aliphatic heterocycles. The van der Waals surface area contributed by atoms with Gasteiger partial charge in [-0.25, -0.2) is 4.39 Å². The van der Waals surface area contributed by atoms with Crippen LogP contribution in [0.5, 0.6) is 5.75 Å². The molecule has 3 nitrogen and oxygen atoms in total. The molecule has 3 rings (SSSR count). The van der Waals surface area contributed by atoms with Crippen molar-refractivity contribution in [1.29, 1.82) is 5.26 Å². The first-order valence-corrected chi connectivity index (χ1v) is 8.56. The molecule has 0 bridgehead atoms. The van der Waals surface area contributed by atoms with Gasteiger partial charge in [-0.3, -0.25) is 4.98 Å². The van der Waals surface area contributed by atoms with Crippen molar-refractivity contribution in [2.45, 2.75) is 26.4 Å². The molecule has 0 radical (unpaired) electrons. The van der Waals surface area contributed by atoms with Gasteiger partial charge >= 0.3 is 0 Å². The molecule has 2 aromatic carbocycles. The highest BCUT2D eigenvalue weighted by Gasteiger charge is 2.05. The third-order valence-corrected chi connectivity index (χ3v) is 4.08. The van der Waals surface area contributed by atoms with Gasteiger partial charge in [0.25, 0.3) is 0 Å². The minimum Gasteiger partial charge on any atom is -0.489 e. The molecule has 0 aliphatic carbocycles. The van der Waals surface area contributed by atoms with Gasteiger partial charge in [-0.05, 0) is 35.7 Å². The molecule has 0 unspecified atom stereocenters. The third kappa shape index (κ3) is 4.25. The maximum atomic E-state index is 13.6. The number of ether oxygens (including phenoxy) is 1. The molecule has 4 heteroatoms. The molecule has 1 aromatic heterocycles. The van der Waals surface area contributed by atoms with E-state index in [1.165, 1.54) is 17.7 Å². The van der Waals surface area contributed by atoms with E-state index in [1.54, 1.807) is 12.1 Å². The van der Waals surface area contributed by atoms with E-state index in [4.69, 9.17) is 10.00 Å². The van der Waals surface area contributed by atoms with Crippen LogP contribution >= 0.6 is 0 Å². The predicted octanol–water partition coefficient (Wildman–Crippen LogP) is 5.29. The predicted molar refractivity (Wildman–Crippen MR) is 99.1 cm³/mol. The van der Waals surface area contributed by atoms with Gasteiger partial charge in [-0.2, -0.15) is 5.26 Å². The lowest BCUT2D eigenvalue weighted by Gasteiger charge is -2.08. The van der Waals surface area contributed by atoms with E-state index in [-0.39, 0.29) is 5.56 Å². The summed E-state index contributed by atoms with van der Waals surface area (Å²) in [5.41, 5.74) is 4.21. The van der Waals surface area contributed by atoms with Crippen molar-refractivity contribution < 1.29 is 9.13 Å². The number of hydrogen-bond acceptors (Lipinski definition) is 3. The average molecular weight is 346 g/mol. The highest BCUT2D eigenvalue weighted by Crippen LogP contribution is 2.20. The fourth-order valence-electron chi connectivity index (χ4n) is 2.65. The molecule has 0 saturated heterocycles. The molecule has 0 N–H and O–H groups in total. The summed E-state index contributed by atoms with van der Waals surface area (Å²) >= 11 is 0. The fourth-order valence-corrected chi connectivity index (χ4v) is 2.65. The van der Waals surface area contributed by atoms with E-state index in [1.807, 2.05) is 36.5 Å². The maximum Gasteiger partial charge on any atom is 0.144 e. The summed E-state index contributed by atoms with van der Waals surface area (Å²) in [6, 6.07) is 18.1. The van der Waals surface area contributed by atoms with Crippen LogP contribution in [0, 0.1) is 17.1 Å². The summed E-state index contributed by atoms with van der Waals surface area (Å²) in [5.74, 6) is -0.170. The number of halogens is 1. The van der Waals surface area contributed by atoms with Gasteiger partial charge in [0.1, 0.15) is 24.2 Å². The number of aryl methyl sites for hydroxylation is 1. The third-order valence-electron chi connectivity index (χ3n) is 4.08. The maximum absolute atomic E-state index is 13.6. The van der Waals surface area contributed by atoms with Gasteiger partial charge < -0.3 is 4.74 Å². The molecule has 0 atom stereocenters. The molecular weight excluding hydrogens is 327 g/mol. The SMILES string of the molecule is CCCc1ccc(-c2ccc(COc3ccc(C#N)c(F)c3)cc2)nc1. The fraction of sp³-hybridized carbons (Fsp3) is 0.182. The van der Waals surface area contributed by atoms with E-state index in [0.717, 1.165) is 29.7 Å². The van der Waals surface area contributed by atoms with E-state index >= 15 is 0 Å². The number of rotatable bonds is 6. The van der Waals surface area contributed by atoms with Crippen LogP contribution in [0.15, 0.2) is 60.8 Å². The van der Waals surface area contributed by atoms with Crippen LogP contribution in [0.4, 0.5) is 4.39 Å². The van der Waals surface area contributed by atoms with Gasteiger partial charge in [-0.1, -0.05) is 43.7 Å². The van der Waals surface area contributed by atoms with Crippen LogP contribution in [-0.4, -0.2) is 4.98 Å². The molecule has 26 heavy (non-hydrogen) atoms. The van der Waals surface area contributed by atoms with Crippen LogP contribution in [0.2, 0.25) is 0 Å². The summed E-state index contributed by atoms with van der Waals surface area (Å²) in [5, 5.41) is 8.74. The second kappa shape index (κ2) is 8.26. The largest absolute Gasteiger partial charge is 0.489 e. The molecule has 130 valence electrons. The van der Waals surface area contributed by atoms with Crippen molar-refractivity contribution in [1.82, 2.24) is 4.98 Å². The highest BCUT2D eigenvalue weighted by atomic mass is 19.1. The molecular formula is C22H19FN2O. The lowest BCUT2D eigenvalue weighted by atomic mass is 10.1. The molecule has 0 aliphatic rings. The molecule has 3 aromatic rings. The Hall–Kier alpha value is -3.19. The van der Waals surface area contributed by atoms with Crippen molar-refractivity contribution in [2.75, 3.05) is 0 Å². The van der Waals surface area contributed by atoms with Crippen LogP contribution in [-0.2, 0) is 13.0 Å². The lowest BCUT2D eigenvalue weighted by molar-refractivity contribution is 0.304. The second-order valence-electron chi connectivity index (χ2n) is 6.04. The minimum absolute atomic E-state index is 0.0131. The van der Waals surface area contributed by atoms with Crippen molar-refractivity contribution in [3.8, 4) is 23.1 Å². The van der Waals surface area contributed by atoms with E-state index in [9.17, 15) is 4.39 Å². The molecule has 0 saturated carbocycles. The zero-order valence-electron chi connectivity index (χ0n) is 14.6. The van der Waals surface area contributed by atoms with Gasteiger partial charge in [0.15, 0.2) is 0 Å². The number of hydrogen-bond donors (Lipinski definition) is 0. The summed E-state index contributed by atoms with van der Waals surface area (Å²) in [6.45, 7) is 2.48. The molecule has 0 amide bonds. The number of pyridine rings is 1. The number of nitriles is 1. The molecule has 1 heterocycles. The van der Waals surface area contributed by atoms with E-state index in [2.05, 4.69) is 18.0 Å². The average Bonchev–Trinajstić information content (AvgIpc) is 2.68. The van der Waals surface area contributed by atoms with Crippen molar-refractivity contribution in [3.63, 3.8) is 0 Å². The van der Waals surface area contributed by atoms with Crippen molar-refractivity contribution in [2.24, 2.45) is 0 Å². The molecule has 0 spiro atoms. The van der Waals surface area contributed by atoms with Gasteiger partial charge in [0.05, 0.1) is 11.3 Å². The van der Waals surface area contributed by atoms with Crippen LogP contribution < -0.4 is 4.74 Å². The first kappa shape index (κ1) is 17.6. The van der Waals surface area contributed by atoms with Crippen LogP contribution in [0.25, 0.3) is 11.3 Å². The zero-order valence-corrected chi connectivity index (χ0v) is 14.6. The van der Waals surface area contributed by atoms with E-state index < -0.39 is 5.82 Å². The van der Waals surface area contributed by atoms with Crippen LogP contribution in [0.1, 0.15) is 30.0 Å². The lowest BCUT2D eigenvalue weighted by Crippen LogP contribution is -1.96. The number of nitrogens with zero attached hydrogens (tertiary/aromatic N) is 2. The number of benzene rings is 2. The van der Waals surface area contributed by atoms with Crippen molar-refractivity contribution in [3.05, 3.63) is 83.3 Å².